The van der Waals surface area contributed by atoms with Crippen LogP contribution >= 0.6 is 0 Å². The fourth-order valence-corrected chi connectivity index (χ4v) is 0.870. The van der Waals surface area contributed by atoms with Crippen LogP contribution < -0.4 is 0 Å². The Bertz CT molecular complexity index is 161. The number of carboxylic acids is 1. The predicted octanol–water partition coefficient (Wildman–Crippen LogP) is 2.31. The highest BCUT2D eigenvalue weighted by atomic mass is 16.4. The molecule has 0 rings (SSSR count). The maximum atomic E-state index is 10.8. The highest BCUT2D eigenvalue weighted by molar-refractivity contribution is 5.74. The first-order chi connectivity index (χ1) is 4.95. The van der Waals surface area contributed by atoms with Gasteiger partial charge in [-0.05, 0) is 19.3 Å². The maximum absolute atomic E-state index is 10.8. The highest BCUT2D eigenvalue weighted by Gasteiger charge is 2.34. The van der Waals surface area contributed by atoms with E-state index in [2.05, 4.69) is 6.58 Å². The molecule has 0 bridgehead atoms. The lowest BCUT2D eigenvalue weighted by molar-refractivity contribution is -0.150. The van der Waals surface area contributed by atoms with Crippen molar-refractivity contribution < 1.29 is 9.90 Å². The first-order valence-electron chi connectivity index (χ1n) is 3.79. The molecule has 0 aromatic carbocycles. The molecular weight excluding hydrogens is 140 g/mol. The molecule has 64 valence electrons. The molecule has 2 nitrogen and oxygen atoms in total. The Morgan fingerprint density at radius 2 is 2.18 bits per heavy atom. The van der Waals surface area contributed by atoms with Crippen LogP contribution in [-0.4, -0.2) is 11.1 Å². The zero-order chi connectivity index (χ0) is 9.07. The van der Waals surface area contributed by atoms with Gasteiger partial charge in [0.25, 0.3) is 0 Å². The Balaban J connectivity index is 4.51. The quantitative estimate of drug-likeness (QED) is 0.634. The van der Waals surface area contributed by atoms with Crippen LogP contribution in [0, 0.1) is 11.3 Å². The second-order valence-electron chi connectivity index (χ2n) is 3.37. The van der Waals surface area contributed by atoms with Gasteiger partial charge in [-0.25, -0.2) is 0 Å². The molecule has 0 aromatic rings. The van der Waals surface area contributed by atoms with E-state index in [4.69, 9.17) is 5.11 Å². The third kappa shape index (κ3) is 2.07. The molecule has 0 aliphatic carbocycles. The molecule has 0 saturated heterocycles. The lowest BCUT2D eigenvalue weighted by Gasteiger charge is -2.27. The third-order valence-electron chi connectivity index (χ3n) is 2.33. The number of hydrogen-bond acceptors (Lipinski definition) is 1. The Kier molecular flexibility index (Phi) is 3.30. The Labute approximate surface area is 67.9 Å². The molecule has 0 spiro atoms. The third-order valence-corrected chi connectivity index (χ3v) is 2.33. The normalized spacial score (nSPS) is 16.0. The second kappa shape index (κ2) is 3.56. The molecule has 1 unspecified atom stereocenters. The zero-order valence-corrected chi connectivity index (χ0v) is 7.42. The van der Waals surface area contributed by atoms with Gasteiger partial charge < -0.3 is 5.11 Å². The number of aliphatic carboxylic acids is 1. The maximum Gasteiger partial charge on any atom is 0.309 e. The summed E-state index contributed by atoms with van der Waals surface area (Å²) in [5.74, 6) is -0.606. The van der Waals surface area contributed by atoms with Gasteiger partial charge in [0.2, 0.25) is 0 Å². The van der Waals surface area contributed by atoms with Crippen LogP contribution in [-0.2, 0) is 4.79 Å². The van der Waals surface area contributed by atoms with Crippen molar-refractivity contribution in [3.05, 3.63) is 12.7 Å². The van der Waals surface area contributed by atoms with Gasteiger partial charge in [-0.15, -0.1) is 6.58 Å². The molecule has 2 heteroatoms. The van der Waals surface area contributed by atoms with E-state index in [1.54, 1.807) is 13.0 Å². The van der Waals surface area contributed by atoms with Gasteiger partial charge >= 0.3 is 5.97 Å². The summed E-state index contributed by atoms with van der Waals surface area (Å²) >= 11 is 0. The first-order valence-corrected chi connectivity index (χ1v) is 3.79. The van der Waals surface area contributed by atoms with E-state index >= 15 is 0 Å². The Morgan fingerprint density at radius 1 is 1.73 bits per heavy atom. The van der Waals surface area contributed by atoms with Crippen molar-refractivity contribution >= 4 is 5.97 Å². The summed E-state index contributed by atoms with van der Waals surface area (Å²) in [5, 5.41) is 8.89. The van der Waals surface area contributed by atoms with E-state index in [1.807, 2.05) is 13.8 Å². The van der Waals surface area contributed by atoms with Crippen molar-refractivity contribution in [1.82, 2.24) is 0 Å². The van der Waals surface area contributed by atoms with Crippen LogP contribution in [0.2, 0.25) is 0 Å². The summed E-state index contributed by atoms with van der Waals surface area (Å²) in [4.78, 5) is 10.8. The Hall–Kier alpha value is -0.790. The summed E-state index contributed by atoms with van der Waals surface area (Å²) in [6, 6.07) is 0. The minimum atomic E-state index is -0.743. The van der Waals surface area contributed by atoms with E-state index < -0.39 is 11.4 Å². The number of allylic oxidation sites excluding steroid dienone is 1. The van der Waals surface area contributed by atoms with E-state index in [-0.39, 0.29) is 5.92 Å². The number of rotatable bonds is 4. The van der Waals surface area contributed by atoms with E-state index in [0.29, 0.717) is 6.42 Å². The van der Waals surface area contributed by atoms with E-state index in [9.17, 15) is 4.79 Å². The smallest absolute Gasteiger partial charge is 0.309 e. The average molecular weight is 156 g/mol. The van der Waals surface area contributed by atoms with Crippen LogP contribution in [0.15, 0.2) is 12.7 Å². The zero-order valence-electron chi connectivity index (χ0n) is 7.42. The van der Waals surface area contributed by atoms with Gasteiger partial charge in [-0.3, -0.25) is 4.79 Å². The summed E-state index contributed by atoms with van der Waals surface area (Å²) in [6.45, 7) is 9.13. The fraction of sp³-hybridized carbons (Fsp3) is 0.667. The van der Waals surface area contributed by atoms with Gasteiger partial charge in [-0.2, -0.15) is 0 Å². The molecule has 0 aliphatic heterocycles. The van der Waals surface area contributed by atoms with Gasteiger partial charge in [0.15, 0.2) is 0 Å². The summed E-state index contributed by atoms with van der Waals surface area (Å²) in [7, 11) is 0. The molecule has 0 amide bonds. The van der Waals surface area contributed by atoms with E-state index in [1.165, 1.54) is 0 Å². The topological polar surface area (TPSA) is 37.3 Å². The van der Waals surface area contributed by atoms with Crippen LogP contribution in [0.3, 0.4) is 0 Å². The van der Waals surface area contributed by atoms with Gasteiger partial charge in [0, 0.05) is 0 Å². The van der Waals surface area contributed by atoms with Crippen LogP contribution in [0.4, 0.5) is 0 Å². The molecule has 0 heterocycles. The SMILES string of the molecule is C=CCC(C)(C(=O)O)C(C)C. The number of carbonyl (C=O) groups is 1. The van der Waals surface area contributed by atoms with Gasteiger partial charge in [-0.1, -0.05) is 19.9 Å². The van der Waals surface area contributed by atoms with Crippen molar-refractivity contribution in [2.45, 2.75) is 27.2 Å². The summed E-state index contributed by atoms with van der Waals surface area (Å²) in [6.07, 6.45) is 2.19. The van der Waals surface area contributed by atoms with Crippen LogP contribution in [0.1, 0.15) is 27.2 Å². The molecule has 0 radical (unpaired) electrons. The molecular formula is C9H16O2. The molecule has 11 heavy (non-hydrogen) atoms. The number of carboxylic acid groups (broad SMARTS) is 1. The molecule has 0 aliphatic rings. The highest BCUT2D eigenvalue weighted by Crippen LogP contribution is 2.31. The monoisotopic (exact) mass is 156 g/mol. The number of hydrogen-bond donors (Lipinski definition) is 1. The molecule has 0 fully saturated rings. The van der Waals surface area contributed by atoms with Gasteiger partial charge in [0.1, 0.15) is 0 Å². The average Bonchev–Trinajstić information content (AvgIpc) is 1.87. The lowest BCUT2D eigenvalue weighted by atomic mass is 9.76. The molecule has 0 aromatic heterocycles. The minimum Gasteiger partial charge on any atom is -0.481 e. The lowest BCUT2D eigenvalue weighted by Crippen LogP contribution is -2.32. The van der Waals surface area contributed by atoms with Gasteiger partial charge in [0.05, 0.1) is 5.41 Å². The van der Waals surface area contributed by atoms with E-state index in [0.717, 1.165) is 0 Å². The summed E-state index contributed by atoms with van der Waals surface area (Å²) in [5.41, 5.74) is -0.651. The second-order valence-corrected chi connectivity index (χ2v) is 3.37. The van der Waals surface area contributed by atoms with Crippen LogP contribution in [0.5, 0.6) is 0 Å². The van der Waals surface area contributed by atoms with Crippen molar-refractivity contribution in [3.63, 3.8) is 0 Å². The molecule has 0 saturated carbocycles. The predicted molar refractivity (Wildman–Crippen MR) is 45.4 cm³/mol. The van der Waals surface area contributed by atoms with Crippen LogP contribution in [0.25, 0.3) is 0 Å². The summed E-state index contributed by atoms with van der Waals surface area (Å²) < 4.78 is 0. The minimum absolute atomic E-state index is 0.137. The fourth-order valence-electron chi connectivity index (χ4n) is 0.870. The Morgan fingerprint density at radius 3 is 2.27 bits per heavy atom. The van der Waals surface area contributed by atoms with Crippen molar-refractivity contribution in [3.8, 4) is 0 Å². The van der Waals surface area contributed by atoms with Crippen molar-refractivity contribution in [2.24, 2.45) is 11.3 Å². The van der Waals surface area contributed by atoms with Crippen molar-refractivity contribution in [1.29, 1.82) is 0 Å². The standard InChI is InChI=1S/C9H16O2/c1-5-6-9(4,7(2)3)8(10)11/h5,7H,1,6H2,2-4H3,(H,10,11). The first kappa shape index (κ1) is 10.2. The molecule has 1 N–H and O–H groups in total. The molecule has 1 atom stereocenters. The largest absolute Gasteiger partial charge is 0.481 e. The van der Waals surface area contributed by atoms with Crippen molar-refractivity contribution in [2.75, 3.05) is 0 Å².